The molecule has 0 bridgehead atoms. The maximum atomic E-state index is 13.0. The Morgan fingerprint density at radius 3 is 2.42 bits per heavy atom. The topological polar surface area (TPSA) is 50.8 Å². The van der Waals surface area contributed by atoms with Gasteiger partial charge in [0.15, 0.2) is 11.5 Å². The van der Waals surface area contributed by atoms with Crippen molar-refractivity contribution in [3.8, 4) is 11.5 Å². The van der Waals surface area contributed by atoms with Crippen molar-refractivity contribution in [1.29, 1.82) is 0 Å². The van der Waals surface area contributed by atoms with E-state index in [4.69, 9.17) is 9.47 Å². The molecule has 0 heterocycles. The second kappa shape index (κ2) is 7.28. The van der Waals surface area contributed by atoms with E-state index >= 15 is 0 Å². The third-order valence-corrected chi connectivity index (χ3v) is 4.91. The second-order valence-electron chi connectivity index (χ2n) is 6.67. The van der Waals surface area contributed by atoms with E-state index in [9.17, 15) is 4.79 Å². The molecule has 0 atom stereocenters. The van der Waals surface area contributed by atoms with Gasteiger partial charge in [-0.2, -0.15) is 0 Å². The van der Waals surface area contributed by atoms with Gasteiger partial charge in [0, 0.05) is 12.2 Å². The van der Waals surface area contributed by atoms with E-state index in [0.717, 1.165) is 29.7 Å². The molecule has 0 aromatic heterocycles. The summed E-state index contributed by atoms with van der Waals surface area (Å²) >= 11 is 0. The summed E-state index contributed by atoms with van der Waals surface area (Å²) in [5.41, 5.74) is 2.76. The van der Waals surface area contributed by atoms with Gasteiger partial charge in [-0.3, -0.25) is 4.90 Å². The van der Waals surface area contributed by atoms with Gasteiger partial charge in [-0.1, -0.05) is 18.2 Å². The Hall–Kier alpha value is -2.69. The summed E-state index contributed by atoms with van der Waals surface area (Å²) in [6.45, 7) is 4.62. The Morgan fingerprint density at radius 1 is 1.12 bits per heavy atom. The van der Waals surface area contributed by atoms with Gasteiger partial charge in [-0.05, 0) is 62.1 Å². The van der Waals surface area contributed by atoms with Crippen LogP contribution >= 0.6 is 0 Å². The molecule has 1 aliphatic rings. The minimum atomic E-state index is -0.326. The number of nitrogens with zero attached hydrogens (tertiary/aromatic N) is 1. The van der Waals surface area contributed by atoms with Crippen molar-refractivity contribution in [2.75, 3.05) is 25.7 Å². The normalized spacial score (nSPS) is 14.5. The number of amides is 2. The Morgan fingerprint density at radius 2 is 1.85 bits per heavy atom. The summed E-state index contributed by atoms with van der Waals surface area (Å²) in [6, 6.07) is 13.8. The Balaban J connectivity index is 1.82. The number of anilines is 1. The van der Waals surface area contributed by atoms with Crippen molar-refractivity contribution in [2.24, 2.45) is 0 Å². The first-order valence-corrected chi connectivity index (χ1v) is 8.92. The molecule has 1 fully saturated rings. The van der Waals surface area contributed by atoms with Crippen LogP contribution < -0.4 is 19.7 Å². The lowest BCUT2D eigenvalue weighted by molar-refractivity contribution is 0.241. The van der Waals surface area contributed by atoms with Crippen molar-refractivity contribution in [1.82, 2.24) is 5.32 Å². The van der Waals surface area contributed by atoms with Gasteiger partial charge in [0.05, 0.1) is 19.8 Å². The molecule has 3 rings (SSSR count). The van der Waals surface area contributed by atoms with Crippen molar-refractivity contribution < 1.29 is 14.3 Å². The average molecular weight is 354 g/mol. The van der Waals surface area contributed by atoms with Gasteiger partial charge >= 0.3 is 6.03 Å². The first-order chi connectivity index (χ1) is 12.5. The molecule has 1 saturated carbocycles. The lowest BCUT2D eigenvalue weighted by Gasteiger charge is -2.26. The molecule has 2 aromatic rings. The van der Waals surface area contributed by atoms with Crippen LogP contribution in [0, 0.1) is 6.92 Å². The summed E-state index contributed by atoms with van der Waals surface area (Å²) in [7, 11) is 3.24. The molecule has 2 aromatic carbocycles. The SMILES string of the molecule is CCN(C(=O)NC1(c2ccc(OC)c(OC)c2)CC1)c1cccc(C)c1. The molecule has 5 heteroatoms. The van der Waals surface area contributed by atoms with Gasteiger partial charge in [-0.15, -0.1) is 0 Å². The van der Waals surface area contributed by atoms with Crippen LogP contribution in [0.2, 0.25) is 0 Å². The molecular formula is C21H26N2O3. The summed E-state index contributed by atoms with van der Waals surface area (Å²) in [4.78, 5) is 14.7. The van der Waals surface area contributed by atoms with Crippen molar-refractivity contribution in [3.63, 3.8) is 0 Å². The van der Waals surface area contributed by atoms with E-state index in [1.54, 1.807) is 19.1 Å². The minimum absolute atomic E-state index is 0.0783. The molecule has 0 unspecified atom stereocenters. The molecule has 1 N–H and O–H groups in total. The van der Waals surface area contributed by atoms with E-state index in [0.29, 0.717) is 18.0 Å². The first kappa shape index (κ1) is 18.1. The molecule has 26 heavy (non-hydrogen) atoms. The third kappa shape index (κ3) is 3.47. The van der Waals surface area contributed by atoms with E-state index in [1.165, 1.54) is 0 Å². The summed E-state index contributed by atoms with van der Waals surface area (Å²) in [6.07, 6.45) is 1.83. The second-order valence-corrected chi connectivity index (χ2v) is 6.67. The highest BCUT2D eigenvalue weighted by Gasteiger charge is 2.46. The molecule has 0 saturated heterocycles. The predicted octanol–water partition coefficient (Wildman–Crippen LogP) is 4.24. The smallest absolute Gasteiger partial charge is 0.322 e. The van der Waals surface area contributed by atoms with Crippen LogP contribution in [0.1, 0.15) is 30.9 Å². The summed E-state index contributed by atoms with van der Waals surface area (Å²) in [5.74, 6) is 1.37. The van der Waals surface area contributed by atoms with Crippen molar-refractivity contribution in [2.45, 2.75) is 32.2 Å². The van der Waals surface area contributed by atoms with Crippen LogP contribution in [0.5, 0.6) is 11.5 Å². The maximum Gasteiger partial charge on any atom is 0.322 e. The Labute approximate surface area is 154 Å². The first-order valence-electron chi connectivity index (χ1n) is 8.92. The van der Waals surface area contributed by atoms with Crippen LogP contribution in [0.3, 0.4) is 0 Å². The fraction of sp³-hybridized carbons (Fsp3) is 0.381. The fourth-order valence-electron chi connectivity index (χ4n) is 3.26. The van der Waals surface area contributed by atoms with Gasteiger partial charge in [0.2, 0.25) is 0 Å². The minimum Gasteiger partial charge on any atom is -0.493 e. The van der Waals surface area contributed by atoms with E-state index in [1.807, 2.05) is 56.3 Å². The molecule has 0 spiro atoms. The monoisotopic (exact) mass is 354 g/mol. The zero-order chi connectivity index (χ0) is 18.7. The number of hydrogen-bond acceptors (Lipinski definition) is 3. The van der Waals surface area contributed by atoms with Crippen LogP contribution in [0.25, 0.3) is 0 Å². The van der Waals surface area contributed by atoms with Crippen LogP contribution in [-0.2, 0) is 5.54 Å². The van der Waals surface area contributed by atoms with Crippen molar-refractivity contribution in [3.05, 3.63) is 53.6 Å². The number of rotatable bonds is 6. The van der Waals surface area contributed by atoms with Gasteiger partial charge in [0.1, 0.15) is 0 Å². The van der Waals surface area contributed by atoms with Crippen molar-refractivity contribution >= 4 is 11.7 Å². The Kier molecular flexibility index (Phi) is 5.07. The zero-order valence-corrected chi connectivity index (χ0v) is 15.8. The van der Waals surface area contributed by atoms with Crippen LogP contribution in [-0.4, -0.2) is 26.8 Å². The molecule has 5 nitrogen and oxygen atoms in total. The number of carbonyl (C=O) groups is 1. The third-order valence-electron chi connectivity index (χ3n) is 4.91. The van der Waals surface area contributed by atoms with Gasteiger partial charge < -0.3 is 14.8 Å². The van der Waals surface area contributed by atoms with Gasteiger partial charge in [-0.25, -0.2) is 4.79 Å². The number of methoxy groups -OCH3 is 2. The number of benzene rings is 2. The summed E-state index contributed by atoms with van der Waals surface area (Å²) in [5, 5.41) is 3.23. The maximum absolute atomic E-state index is 13.0. The summed E-state index contributed by atoms with van der Waals surface area (Å²) < 4.78 is 10.7. The quantitative estimate of drug-likeness (QED) is 0.844. The van der Waals surface area contributed by atoms with Crippen LogP contribution in [0.4, 0.5) is 10.5 Å². The molecule has 138 valence electrons. The number of carbonyl (C=O) groups excluding carboxylic acids is 1. The highest BCUT2D eigenvalue weighted by molar-refractivity contribution is 5.92. The number of ether oxygens (including phenoxy) is 2. The Bertz CT molecular complexity index is 800. The lowest BCUT2D eigenvalue weighted by atomic mass is 10.0. The highest BCUT2D eigenvalue weighted by atomic mass is 16.5. The molecule has 0 aliphatic heterocycles. The van der Waals surface area contributed by atoms with Gasteiger partial charge in [0.25, 0.3) is 0 Å². The molecule has 0 radical (unpaired) electrons. The zero-order valence-electron chi connectivity index (χ0n) is 15.8. The molecule has 2 amide bonds. The van der Waals surface area contributed by atoms with Crippen LogP contribution in [0.15, 0.2) is 42.5 Å². The van der Waals surface area contributed by atoms with E-state index in [-0.39, 0.29) is 11.6 Å². The average Bonchev–Trinajstić information content (AvgIpc) is 3.42. The standard InChI is InChI=1S/C21H26N2O3/c1-5-23(17-8-6-7-15(2)13-17)20(24)22-21(11-12-21)16-9-10-18(25-3)19(14-16)26-4/h6-10,13-14H,5,11-12H2,1-4H3,(H,22,24). The lowest BCUT2D eigenvalue weighted by Crippen LogP contribution is -2.45. The number of hydrogen-bond donors (Lipinski definition) is 1. The molecular weight excluding hydrogens is 328 g/mol. The number of urea groups is 1. The number of nitrogens with one attached hydrogen (secondary N) is 1. The largest absolute Gasteiger partial charge is 0.493 e. The van der Waals surface area contributed by atoms with E-state index in [2.05, 4.69) is 5.32 Å². The molecule has 1 aliphatic carbocycles. The number of aryl methyl sites for hydroxylation is 1. The van der Waals surface area contributed by atoms with E-state index < -0.39 is 0 Å². The fourth-order valence-corrected chi connectivity index (χ4v) is 3.26. The highest BCUT2D eigenvalue weighted by Crippen LogP contribution is 2.47. The predicted molar refractivity (Wildman–Crippen MR) is 103 cm³/mol.